The lowest BCUT2D eigenvalue weighted by Gasteiger charge is -2.36. The molecule has 1 aromatic heterocycles. The van der Waals surface area contributed by atoms with Gasteiger partial charge in [0.1, 0.15) is 0 Å². The number of carbonyl (C=O) groups excluding carboxylic acids is 1. The van der Waals surface area contributed by atoms with Gasteiger partial charge in [-0.1, -0.05) is 0 Å². The van der Waals surface area contributed by atoms with Crippen molar-refractivity contribution in [2.75, 3.05) is 19.0 Å². The average molecular weight is 269 g/mol. The predicted molar refractivity (Wildman–Crippen MR) is 69.9 cm³/mol. The lowest BCUT2D eigenvalue weighted by Crippen LogP contribution is -2.49. The van der Waals surface area contributed by atoms with Gasteiger partial charge in [0.15, 0.2) is 0 Å². The highest BCUT2D eigenvalue weighted by Gasteiger charge is 2.28. The molecule has 1 saturated heterocycles. The molecule has 0 saturated carbocycles. The van der Waals surface area contributed by atoms with Crippen molar-refractivity contribution in [3.63, 3.8) is 0 Å². The van der Waals surface area contributed by atoms with Crippen molar-refractivity contribution in [1.29, 1.82) is 0 Å². The molecule has 0 N–H and O–H groups in total. The molecule has 5 heteroatoms. The number of aryl methyl sites for hydroxylation is 1. The Kier molecular flexibility index (Phi) is 4.19. The first-order chi connectivity index (χ1) is 8.60. The second-order valence-electron chi connectivity index (χ2n) is 4.62. The van der Waals surface area contributed by atoms with Crippen molar-refractivity contribution in [2.24, 2.45) is 0 Å². The first kappa shape index (κ1) is 13.3. The maximum absolute atomic E-state index is 12.3. The highest BCUT2D eigenvalue weighted by Crippen LogP contribution is 2.15. The van der Waals surface area contributed by atoms with Crippen molar-refractivity contribution < 1.29 is 9.53 Å². The fraction of sp³-hybridized carbons (Fsp3) is 0.538. The number of alkyl halides is 1. The minimum absolute atomic E-state index is 0.00670. The number of rotatable bonds is 2. The van der Waals surface area contributed by atoms with Gasteiger partial charge in [0, 0.05) is 25.0 Å². The van der Waals surface area contributed by atoms with Crippen LogP contribution < -0.4 is 0 Å². The Hall–Kier alpha value is -1.13. The molecule has 1 aliphatic heterocycles. The van der Waals surface area contributed by atoms with Gasteiger partial charge in [-0.05, 0) is 26.0 Å². The Bertz CT molecular complexity index is 422. The molecule has 0 radical (unpaired) electrons. The van der Waals surface area contributed by atoms with E-state index in [2.05, 4.69) is 4.98 Å². The minimum atomic E-state index is -0.0854. The van der Waals surface area contributed by atoms with Crippen LogP contribution in [-0.4, -0.2) is 47.0 Å². The monoisotopic (exact) mass is 268 g/mol. The highest BCUT2D eigenvalue weighted by molar-refractivity contribution is 6.18. The number of morpholine rings is 1. The summed E-state index contributed by atoms with van der Waals surface area (Å²) in [5.74, 6) is 0.396. The first-order valence-electron chi connectivity index (χ1n) is 6.03. The van der Waals surface area contributed by atoms with Crippen molar-refractivity contribution in [2.45, 2.75) is 26.1 Å². The smallest absolute Gasteiger partial charge is 0.255 e. The van der Waals surface area contributed by atoms with Gasteiger partial charge in [0.2, 0.25) is 0 Å². The third-order valence-electron chi connectivity index (χ3n) is 2.94. The minimum Gasteiger partial charge on any atom is -0.370 e. The molecule has 0 aromatic carbocycles. The summed E-state index contributed by atoms with van der Waals surface area (Å²) in [6, 6.07) is 3.65. The largest absolute Gasteiger partial charge is 0.370 e. The number of hydrogen-bond donors (Lipinski definition) is 0. The van der Waals surface area contributed by atoms with Crippen LogP contribution in [0, 0.1) is 6.92 Å². The van der Waals surface area contributed by atoms with Crippen LogP contribution >= 0.6 is 11.6 Å². The molecular weight excluding hydrogens is 252 g/mol. The zero-order valence-electron chi connectivity index (χ0n) is 10.6. The lowest BCUT2D eigenvalue weighted by atomic mass is 10.2. The maximum Gasteiger partial charge on any atom is 0.255 e. The molecule has 1 aliphatic rings. The van der Waals surface area contributed by atoms with E-state index in [0.717, 1.165) is 5.69 Å². The van der Waals surface area contributed by atoms with Crippen molar-refractivity contribution >= 4 is 17.5 Å². The van der Waals surface area contributed by atoms with Crippen LogP contribution in [0.25, 0.3) is 0 Å². The Morgan fingerprint density at radius 2 is 2.33 bits per heavy atom. The molecule has 2 rings (SSSR count). The van der Waals surface area contributed by atoms with Gasteiger partial charge in [0.05, 0.1) is 23.7 Å². The SMILES string of the molecule is Cc1ccc(C(=O)N2CC(C)OC(CCl)C2)cn1. The third kappa shape index (κ3) is 3.00. The van der Waals surface area contributed by atoms with Gasteiger partial charge in [-0.15, -0.1) is 11.6 Å². The van der Waals surface area contributed by atoms with Crippen molar-refractivity contribution in [3.8, 4) is 0 Å². The van der Waals surface area contributed by atoms with Crippen LogP contribution in [-0.2, 0) is 4.74 Å². The molecule has 2 unspecified atom stereocenters. The summed E-state index contributed by atoms with van der Waals surface area (Å²) in [5, 5.41) is 0. The second kappa shape index (κ2) is 5.67. The normalized spacial score (nSPS) is 24.1. The molecule has 1 aromatic rings. The van der Waals surface area contributed by atoms with E-state index in [1.807, 2.05) is 19.9 Å². The van der Waals surface area contributed by atoms with Gasteiger partial charge in [-0.25, -0.2) is 0 Å². The van der Waals surface area contributed by atoms with E-state index >= 15 is 0 Å². The first-order valence-corrected chi connectivity index (χ1v) is 6.57. The summed E-state index contributed by atoms with van der Waals surface area (Å²) in [6.45, 7) is 4.99. The molecule has 0 spiro atoms. The third-order valence-corrected chi connectivity index (χ3v) is 3.29. The standard InChI is InChI=1S/C13H17ClN2O2/c1-9-3-4-11(6-15-9)13(17)16-7-10(2)18-12(5-14)8-16/h3-4,6,10,12H,5,7-8H2,1-2H3. The molecule has 0 bridgehead atoms. The van der Waals surface area contributed by atoms with Gasteiger partial charge in [-0.2, -0.15) is 0 Å². The van der Waals surface area contributed by atoms with E-state index < -0.39 is 0 Å². The Labute approximate surface area is 112 Å². The van der Waals surface area contributed by atoms with E-state index in [1.165, 1.54) is 0 Å². The Balaban J connectivity index is 2.10. The Morgan fingerprint density at radius 1 is 1.56 bits per heavy atom. The van der Waals surface area contributed by atoms with E-state index in [4.69, 9.17) is 16.3 Å². The van der Waals surface area contributed by atoms with Crippen LogP contribution in [0.4, 0.5) is 0 Å². The average Bonchev–Trinajstić information content (AvgIpc) is 2.38. The fourth-order valence-corrected chi connectivity index (χ4v) is 2.24. The predicted octanol–water partition coefficient (Wildman–Crippen LogP) is 1.86. The van der Waals surface area contributed by atoms with E-state index in [1.54, 1.807) is 17.2 Å². The van der Waals surface area contributed by atoms with E-state index in [0.29, 0.717) is 24.5 Å². The summed E-state index contributed by atoms with van der Waals surface area (Å²) in [7, 11) is 0. The summed E-state index contributed by atoms with van der Waals surface area (Å²) >= 11 is 5.81. The van der Waals surface area contributed by atoms with Crippen molar-refractivity contribution in [3.05, 3.63) is 29.6 Å². The van der Waals surface area contributed by atoms with Gasteiger partial charge < -0.3 is 9.64 Å². The van der Waals surface area contributed by atoms with Crippen LogP contribution in [0.1, 0.15) is 23.0 Å². The number of halogens is 1. The summed E-state index contributed by atoms with van der Waals surface area (Å²) in [6.07, 6.45) is 1.55. The summed E-state index contributed by atoms with van der Waals surface area (Å²) in [5.41, 5.74) is 1.52. The molecular formula is C13H17ClN2O2. The molecule has 1 fully saturated rings. The number of amides is 1. The van der Waals surface area contributed by atoms with Gasteiger partial charge >= 0.3 is 0 Å². The van der Waals surface area contributed by atoms with Gasteiger partial charge in [0.25, 0.3) is 5.91 Å². The molecule has 18 heavy (non-hydrogen) atoms. The number of hydrogen-bond acceptors (Lipinski definition) is 3. The van der Waals surface area contributed by atoms with Crippen LogP contribution in [0.3, 0.4) is 0 Å². The van der Waals surface area contributed by atoms with Crippen LogP contribution in [0.15, 0.2) is 18.3 Å². The molecule has 2 heterocycles. The van der Waals surface area contributed by atoms with Crippen molar-refractivity contribution in [1.82, 2.24) is 9.88 Å². The summed E-state index contributed by atoms with van der Waals surface area (Å²) in [4.78, 5) is 18.2. The van der Waals surface area contributed by atoms with Crippen LogP contribution in [0.5, 0.6) is 0 Å². The topological polar surface area (TPSA) is 42.4 Å². The number of ether oxygens (including phenoxy) is 1. The molecule has 0 aliphatic carbocycles. The maximum atomic E-state index is 12.3. The second-order valence-corrected chi connectivity index (χ2v) is 4.93. The summed E-state index contributed by atoms with van der Waals surface area (Å²) < 4.78 is 5.63. The quantitative estimate of drug-likeness (QED) is 0.769. The molecule has 1 amide bonds. The zero-order valence-corrected chi connectivity index (χ0v) is 11.4. The van der Waals surface area contributed by atoms with E-state index in [9.17, 15) is 4.79 Å². The number of aromatic nitrogens is 1. The lowest BCUT2D eigenvalue weighted by molar-refractivity contribution is -0.0570. The molecule has 2 atom stereocenters. The molecule has 4 nitrogen and oxygen atoms in total. The number of nitrogens with zero attached hydrogens (tertiary/aromatic N) is 2. The highest BCUT2D eigenvalue weighted by atomic mass is 35.5. The molecule has 98 valence electrons. The number of pyridine rings is 1. The van der Waals surface area contributed by atoms with E-state index in [-0.39, 0.29) is 18.1 Å². The fourth-order valence-electron chi connectivity index (χ4n) is 2.07. The number of carbonyl (C=O) groups is 1. The van der Waals surface area contributed by atoms with Gasteiger partial charge in [-0.3, -0.25) is 9.78 Å². The van der Waals surface area contributed by atoms with Crippen LogP contribution in [0.2, 0.25) is 0 Å². The Morgan fingerprint density at radius 3 is 2.94 bits per heavy atom. The zero-order chi connectivity index (χ0) is 13.1.